The summed E-state index contributed by atoms with van der Waals surface area (Å²) in [6, 6.07) is 5.50. The Morgan fingerprint density at radius 3 is 2.39 bits per heavy atom. The van der Waals surface area contributed by atoms with E-state index < -0.39 is 11.9 Å². The molecule has 0 aliphatic rings. The van der Waals surface area contributed by atoms with Crippen molar-refractivity contribution < 1.29 is 19.4 Å². The van der Waals surface area contributed by atoms with Crippen LogP contribution in [0.1, 0.15) is 26.3 Å². The molecule has 1 unspecified atom stereocenters. The summed E-state index contributed by atoms with van der Waals surface area (Å²) in [4.78, 5) is 11.0. The Morgan fingerprint density at radius 2 is 1.89 bits per heavy atom. The molecule has 0 bridgehead atoms. The number of carboxylic acid groups (broad SMARTS) is 1. The van der Waals surface area contributed by atoms with Crippen LogP contribution in [-0.2, 0) is 11.2 Å². The predicted molar refractivity (Wildman–Crippen MR) is 69.3 cm³/mol. The largest absolute Gasteiger partial charge is 0.496 e. The molecule has 1 aromatic carbocycles. The number of rotatable bonds is 6. The number of hydrogen-bond donors (Lipinski definition) is 1. The Kier molecular flexibility index (Phi) is 5.01. The molecule has 0 aromatic heterocycles. The van der Waals surface area contributed by atoms with E-state index in [1.165, 1.54) is 0 Å². The van der Waals surface area contributed by atoms with Gasteiger partial charge in [-0.05, 0) is 32.4 Å². The van der Waals surface area contributed by atoms with Crippen LogP contribution in [0.25, 0.3) is 0 Å². The maximum absolute atomic E-state index is 11.0. The fourth-order valence-electron chi connectivity index (χ4n) is 1.70. The van der Waals surface area contributed by atoms with Gasteiger partial charge >= 0.3 is 5.97 Å². The smallest absolute Gasteiger partial charge is 0.306 e. The maximum Gasteiger partial charge on any atom is 0.306 e. The third-order valence-electron chi connectivity index (χ3n) is 2.60. The van der Waals surface area contributed by atoms with Gasteiger partial charge in [-0.1, -0.05) is 13.0 Å². The summed E-state index contributed by atoms with van der Waals surface area (Å²) in [5.41, 5.74) is 0.809. The highest BCUT2D eigenvalue weighted by Crippen LogP contribution is 2.31. The van der Waals surface area contributed by atoms with Crippen molar-refractivity contribution >= 4 is 5.97 Å². The van der Waals surface area contributed by atoms with Crippen molar-refractivity contribution in [2.24, 2.45) is 5.92 Å². The summed E-state index contributed by atoms with van der Waals surface area (Å²) in [6.07, 6.45) is 0.428. The first kappa shape index (κ1) is 14.4. The third kappa shape index (κ3) is 3.65. The van der Waals surface area contributed by atoms with Crippen LogP contribution in [0.15, 0.2) is 18.2 Å². The summed E-state index contributed by atoms with van der Waals surface area (Å²) < 4.78 is 11.0. The molecule has 1 rings (SSSR count). The summed E-state index contributed by atoms with van der Waals surface area (Å²) in [5.74, 6) is 0.0610. The molecule has 0 saturated heterocycles. The van der Waals surface area contributed by atoms with Crippen LogP contribution in [-0.4, -0.2) is 24.3 Å². The van der Waals surface area contributed by atoms with Crippen LogP contribution in [0.3, 0.4) is 0 Å². The van der Waals surface area contributed by atoms with Gasteiger partial charge in [-0.2, -0.15) is 0 Å². The van der Waals surface area contributed by atoms with E-state index in [1.54, 1.807) is 14.0 Å². The quantitative estimate of drug-likeness (QED) is 0.845. The average molecular weight is 252 g/mol. The zero-order valence-corrected chi connectivity index (χ0v) is 11.3. The van der Waals surface area contributed by atoms with Gasteiger partial charge in [0.15, 0.2) is 0 Å². The molecule has 18 heavy (non-hydrogen) atoms. The second-order valence-corrected chi connectivity index (χ2v) is 4.55. The second kappa shape index (κ2) is 6.28. The molecule has 1 atom stereocenters. The van der Waals surface area contributed by atoms with E-state index in [0.29, 0.717) is 17.9 Å². The molecule has 0 aliphatic heterocycles. The van der Waals surface area contributed by atoms with Gasteiger partial charge in [-0.3, -0.25) is 4.79 Å². The van der Waals surface area contributed by atoms with Crippen LogP contribution >= 0.6 is 0 Å². The normalized spacial score (nSPS) is 12.3. The molecule has 1 aromatic rings. The monoisotopic (exact) mass is 252 g/mol. The highest BCUT2D eigenvalue weighted by Gasteiger charge is 2.18. The van der Waals surface area contributed by atoms with Crippen molar-refractivity contribution in [3.05, 3.63) is 23.8 Å². The number of carbonyl (C=O) groups is 1. The first-order valence-corrected chi connectivity index (χ1v) is 6.01. The van der Waals surface area contributed by atoms with Gasteiger partial charge < -0.3 is 14.6 Å². The highest BCUT2D eigenvalue weighted by molar-refractivity contribution is 5.70. The topological polar surface area (TPSA) is 55.8 Å². The van der Waals surface area contributed by atoms with Gasteiger partial charge in [0.1, 0.15) is 11.5 Å². The molecular weight excluding hydrogens is 232 g/mol. The molecule has 100 valence electrons. The van der Waals surface area contributed by atoms with E-state index in [0.717, 1.165) is 5.56 Å². The minimum Gasteiger partial charge on any atom is -0.496 e. The van der Waals surface area contributed by atoms with E-state index >= 15 is 0 Å². The van der Waals surface area contributed by atoms with Crippen molar-refractivity contribution in [1.82, 2.24) is 0 Å². The number of ether oxygens (including phenoxy) is 2. The third-order valence-corrected chi connectivity index (χ3v) is 2.60. The maximum atomic E-state index is 11.0. The number of aliphatic carboxylic acids is 1. The van der Waals surface area contributed by atoms with Gasteiger partial charge in [0.2, 0.25) is 0 Å². The van der Waals surface area contributed by atoms with Crippen molar-refractivity contribution in [2.75, 3.05) is 7.11 Å². The van der Waals surface area contributed by atoms with E-state index in [1.807, 2.05) is 32.0 Å². The molecule has 0 saturated carbocycles. The molecule has 1 N–H and O–H groups in total. The highest BCUT2D eigenvalue weighted by atomic mass is 16.5. The lowest BCUT2D eigenvalue weighted by atomic mass is 9.99. The van der Waals surface area contributed by atoms with Gasteiger partial charge in [0.25, 0.3) is 0 Å². The lowest BCUT2D eigenvalue weighted by Gasteiger charge is -2.18. The van der Waals surface area contributed by atoms with Crippen LogP contribution in [0, 0.1) is 5.92 Å². The van der Waals surface area contributed by atoms with Gasteiger partial charge in [0.05, 0.1) is 19.1 Å². The molecule has 0 fully saturated rings. The number of benzene rings is 1. The van der Waals surface area contributed by atoms with Crippen LogP contribution in [0.2, 0.25) is 0 Å². The molecular formula is C14H20O4. The van der Waals surface area contributed by atoms with E-state index in [-0.39, 0.29) is 6.10 Å². The Balaban J connectivity index is 3.07. The number of methoxy groups -OCH3 is 1. The molecule has 0 spiro atoms. The fraction of sp³-hybridized carbons (Fsp3) is 0.500. The zero-order chi connectivity index (χ0) is 13.7. The van der Waals surface area contributed by atoms with Crippen molar-refractivity contribution in [3.63, 3.8) is 0 Å². The van der Waals surface area contributed by atoms with Crippen LogP contribution < -0.4 is 9.47 Å². The lowest BCUT2D eigenvalue weighted by Crippen LogP contribution is -2.15. The summed E-state index contributed by atoms with van der Waals surface area (Å²) in [7, 11) is 1.57. The Hall–Kier alpha value is -1.71. The predicted octanol–water partition coefficient (Wildman–Crippen LogP) is 2.75. The first-order valence-electron chi connectivity index (χ1n) is 6.01. The molecule has 0 aliphatic carbocycles. The Morgan fingerprint density at radius 1 is 1.28 bits per heavy atom. The van der Waals surface area contributed by atoms with E-state index in [9.17, 15) is 4.79 Å². The van der Waals surface area contributed by atoms with Gasteiger partial charge in [-0.15, -0.1) is 0 Å². The van der Waals surface area contributed by atoms with Crippen molar-refractivity contribution in [1.29, 1.82) is 0 Å². The lowest BCUT2D eigenvalue weighted by molar-refractivity contribution is -0.141. The minimum atomic E-state index is -0.823. The summed E-state index contributed by atoms with van der Waals surface area (Å²) in [6.45, 7) is 5.54. The Bertz CT molecular complexity index is 412. The fourth-order valence-corrected chi connectivity index (χ4v) is 1.70. The van der Waals surface area contributed by atoms with Gasteiger partial charge in [-0.25, -0.2) is 0 Å². The van der Waals surface area contributed by atoms with E-state index in [2.05, 4.69) is 0 Å². The minimum absolute atomic E-state index is 0.0380. The van der Waals surface area contributed by atoms with Crippen molar-refractivity contribution in [2.45, 2.75) is 33.3 Å². The van der Waals surface area contributed by atoms with Gasteiger partial charge in [0, 0.05) is 5.56 Å². The molecule has 0 heterocycles. The standard InChI is InChI=1S/C14H20O4/c1-9(2)18-13-7-5-6-12(17-4)11(13)8-10(3)14(15)16/h5-7,9-10H,8H2,1-4H3,(H,15,16). The van der Waals surface area contributed by atoms with Crippen molar-refractivity contribution in [3.8, 4) is 11.5 Å². The van der Waals surface area contributed by atoms with Crippen LogP contribution in [0.5, 0.6) is 11.5 Å². The van der Waals surface area contributed by atoms with Crippen LogP contribution in [0.4, 0.5) is 0 Å². The second-order valence-electron chi connectivity index (χ2n) is 4.55. The molecule has 4 nitrogen and oxygen atoms in total. The Labute approximate surface area is 108 Å². The van der Waals surface area contributed by atoms with E-state index in [4.69, 9.17) is 14.6 Å². The molecule has 0 amide bonds. The molecule has 4 heteroatoms. The zero-order valence-electron chi connectivity index (χ0n) is 11.3. The first-order chi connectivity index (χ1) is 8.45. The number of carboxylic acids is 1. The summed E-state index contributed by atoms with van der Waals surface area (Å²) in [5, 5.41) is 9.00. The number of hydrogen-bond acceptors (Lipinski definition) is 3. The summed E-state index contributed by atoms with van der Waals surface area (Å²) >= 11 is 0. The SMILES string of the molecule is COc1cccc(OC(C)C)c1CC(C)C(=O)O. The molecule has 0 radical (unpaired) electrons. The average Bonchev–Trinajstić information content (AvgIpc) is 2.30.